The fourth-order valence-electron chi connectivity index (χ4n) is 2.41. The minimum absolute atomic E-state index is 0.269. The molecule has 19 heavy (non-hydrogen) atoms. The van der Waals surface area contributed by atoms with Crippen LogP contribution in [0, 0.1) is 6.92 Å². The van der Waals surface area contributed by atoms with Gasteiger partial charge in [-0.05, 0) is 44.7 Å². The highest BCUT2D eigenvalue weighted by atomic mass is 15.1. The average Bonchev–Trinajstić information content (AvgIpc) is 2.41. The second-order valence-electron chi connectivity index (χ2n) is 5.44. The summed E-state index contributed by atoms with van der Waals surface area (Å²) in [6.07, 6.45) is 4.51. The molecule has 1 rings (SSSR count). The fraction of sp³-hybridized carbons (Fsp3) is 0.647. The highest BCUT2D eigenvalue weighted by Crippen LogP contribution is 2.24. The Balaban J connectivity index is 2.96. The molecule has 0 saturated heterocycles. The van der Waals surface area contributed by atoms with Crippen molar-refractivity contribution in [3.63, 3.8) is 0 Å². The molecule has 0 fully saturated rings. The zero-order valence-corrected chi connectivity index (χ0v) is 13.1. The van der Waals surface area contributed by atoms with E-state index >= 15 is 0 Å². The van der Waals surface area contributed by atoms with Crippen LogP contribution in [0.2, 0.25) is 0 Å². The second-order valence-corrected chi connectivity index (χ2v) is 5.44. The molecule has 108 valence electrons. The van der Waals surface area contributed by atoms with Gasteiger partial charge in [-0.3, -0.25) is 0 Å². The van der Waals surface area contributed by atoms with E-state index in [1.165, 1.54) is 29.7 Å². The molecule has 1 aromatic carbocycles. The lowest BCUT2D eigenvalue weighted by atomic mass is 10.00. The van der Waals surface area contributed by atoms with Crippen molar-refractivity contribution in [2.45, 2.75) is 59.4 Å². The molecule has 0 heterocycles. The summed E-state index contributed by atoms with van der Waals surface area (Å²) >= 11 is 0. The third-order valence-corrected chi connectivity index (χ3v) is 3.75. The molecule has 1 atom stereocenters. The number of nitrogens with two attached hydrogens (primary N) is 1. The van der Waals surface area contributed by atoms with Crippen molar-refractivity contribution in [1.82, 2.24) is 0 Å². The molecule has 0 bridgehead atoms. The minimum Gasteiger partial charge on any atom is -0.372 e. The normalized spacial score (nSPS) is 12.5. The van der Waals surface area contributed by atoms with Crippen LogP contribution in [0.1, 0.15) is 51.2 Å². The van der Waals surface area contributed by atoms with Crippen LogP contribution in [0.25, 0.3) is 0 Å². The van der Waals surface area contributed by atoms with Crippen molar-refractivity contribution >= 4 is 5.69 Å². The topological polar surface area (TPSA) is 29.3 Å². The molecule has 0 radical (unpaired) electrons. The third kappa shape index (κ3) is 4.87. The Labute approximate surface area is 119 Å². The van der Waals surface area contributed by atoms with Gasteiger partial charge in [0.2, 0.25) is 0 Å². The molecule has 0 amide bonds. The molecule has 1 aromatic rings. The molecule has 0 aliphatic heterocycles. The van der Waals surface area contributed by atoms with Gasteiger partial charge in [0.25, 0.3) is 0 Å². The summed E-state index contributed by atoms with van der Waals surface area (Å²) in [7, 11) is 0. The van der Waals surface area contributed by atoms with Gasteiger partial charge in [-0.2, -0.15) is 0 Å². The Kier molecular flexibility index (Phi) is 6.93. The highest BCUT2D eigenvalue weighted by molar-refractivity contribution is 5.55. The monoisotopic (exact) mass is 262 g/mol. The van der Waals surface area contributed by atoms with Gasteiger partial charge in [0.1, 0.15) is 0 Å². The van der Waals surface area contributed by atoms with Crippen LogP contribution in [-0.4, -0.2) is 19.1 Å². The lowest BCUT2D eigenvalue weighted by molar-refractivity contribution is 0.642. The molecule has 0 saturated carbocycles. The van der Waals surface area contributed by atoms with Crippen LogP contribution < -0.4 is 10.6 Å². The van der Waals surface area contributed by atoms with E-state index in [-0.39, 0.29) is 6.04 Å². The van der Waals surface area contributed by atoms with Crippen molar-refractivity contribution < 1.29 is 0 Å². The van der Waals surface area contributed by atoms with Crippen molar-refractivity contribution in [1.29, 1.82) is 0 Å². The summed E-state index contributed by atoms with van der Waals surface area (Å²) in [4.78, 5) is 2.49. The number of nitrogens with zero attached hydrogens (tertiary/aromatic N) is 1. The van der Waals surface area contributed by atoms with Crippen molar-refractivity contribution in [3.8, 4) is 0 Å². The summed E-state index contributed by atoms with van der Waals surface area (Å²) in [5.41, 5.74) is 10.3. The van der Waals surface area contributed by atoms with Crippen LogP contribution >= 0.6 is 0 Å². The zero-order chi connectivity index (χ0) is 14.3. The average molecular weight is 262 g/mol. The second kappa shape index (κ2) is 8.21. The predicted molar refractivity (Wildman–Crippen MR) is 85.9 cm³/mol. The van der Waals surface area contributed by atoms with Crippen LogP contribution in [0.3, 0.4) is 0 Å². The molecule has 0 aliphatic carbocycles. The van der Waals surface area contributed by atoms with E-state index in [1.54, 1.807) is 0 Å². The van der Waals surface area contributed by atoms with Gasteiger partial charge in [-0.25, -0.2) is 0 Å². The van der Waals surface area contributed by atoms with E-state index < -0.39 is 0 Å². The van der Waals surface area contributed by atoms with Crippen molar-refractivity contribution in [3.05, 3.63) is 29.3 Å². The van der Waals surface area contributed by atoms with E-state index in [1.807, 2.05) is 0 Å². The number of hydrogen-bond donors (Lipinski definition) is 1. The van der Waals surface area contributed by atoms with E-state index in [0.29, 0.717) is 0 Å². The minimum atomic E-state index is 0.269. The SMILES string of the molecule is CCCCN(CC)c1ccc(C)cc1CC(N)CC. The smallest absolute Gasteiger partial charge is 0.0399 e. The number of benzene rings is 1. The maximum atomic E-state index is 6.15. The van der Waals surface area contributed by atoms with Gasteiger partial charge in [0.15, 0.2) is 0 Å². The molecule has 0 aliphatic rings. The fourth-order valence-corrected chi connectivity index (χ4v) is 2.41. The van der Waals surface area contributed by atoms with Gasteiger partial charge in [-0.15, -0.1) is 0 Å². The Hall–Kier alpha value is -1.02. The quantitative estimate of drug-likeness (QED) is 0.770. The first kappa shape index (κ1) is 16.0. The van der Waals surface area contributed by atoms with Gasteiger partial charge in [0, 0.05) is 24.8 Å². The summed E-state index contributed by atoms with van der Waals surface area (Å²) in [6.45, 7) is 11.0. The Morgan fingerprint density at radius 1 is 1.21 bits per heavy atom. The van der Waals surface area contributed by atoms with Crippen LogP contribution in [-0.2, 0) is 6.42 Å². The van der Waals surface area contributed by atoms with Gasteiger partial charge < -0.3 is 10.6 Å². The molecule has 0 spiro atoms. The molecule has 1 unspecified atom stereocenters. The van der Waals surface area contributed by atoms with E-state index in [0.717, 1.165) is 25.9 Å². The van der Waals surface area contributed by atoms with E-state index in [9.17, 15) is 0 Å². The number of rotatable bonds is 8. The van der Waals surface area contributed by atoms with E-state index in [4.69, 9.17) is 5.73 Å². The van der Waals surface area contributed by atoms with Gasteiger partial charge in [0.05, 0.1) is 0 Å². The standard InChI is InChI=1S/C17H30N2/c1-5-8-11-19(7-3)17-10-9-14(4)12-15(17)13-16(18)6-2/h9-10,12,16H,5-8,11,13,18H2,1-4H3. The molecular weight excluding hydrogens is 232 g/mol. The maximum absolute atomic E-state index is 6.15. The molecule has 2 N–H and O–H groups in total. The Morgan fingerprint density at radius 3 is 2.53 bits per heavy atom. The lowest BCUT2D eigenvalue weighted by Gasteiger charge is -2.27. The number of unbranched alkanes of at least 4 members (excludes halogenated alkanes) is 1. The summed E-state index contributed by atoms with van der Waals surface area (Å²) in [5, 5.41) is 0. The largest absolute Gasteiger partial charge is 0.372 e. The Bertz CT molecular complexity index is 374. The highest BCUT2D eigenvalue weighted by Gasteiger charge is 2.12. The summed E-state index contributed by atoms with van der Waals surface area (Å²) < 4.78 is 0. The van der Waals surface area contributed by atoms with Crippen LogP contribution in [0.4, 0.5) is 5.69 Å². The van der Waals surface area contributed by atoms with Crippen LogP contribution in [0.5, 0.6) is 0 Å². The zero-order valence-electron chi connectivity index (χ0n) is 13.1. The lowest BCUT2D eigenvalue weighted by Crippen LogP contribution is -2.27. The molecular formula is C17H30N2. The van der Waals surface area contributed by atoms with Gasteiger partial charge >= 0.3 is 0 Å². The third-order valence-electron chi connectivity index (χ3n) is 3.75. The first-order valence-electron chi connectivity index (χ1n) is 7.72. The Morgan fingerprint density at radius 2 is 1.95 bits per heavy atom. The first-order valence-corrected chi connectivity index (χ1v) is 7.72. The summed E-state index contributed by atoms with van der Waals surface area (Å²) in [5.74, 6) is 0. The molecule has 0 aromatic heterocycles. The number of aryl methyl sites for hydroxylation is 1. The molecule has 2 nitrogen and oxygen atoms in total. The maximum Gasteiger partial charge on any atom is 0.0399 e. The van der Waals surface area contributed by atoms with E-state index in [2.05, 4.69) is 50.8 Å². The number of hydrogen-bond acceptors (Lipinski definition) is 2. The predicted octanol–water partition coefficient (Wildman–Crippen LogP) is 3.90. The first-order chi connectivity index (χ1) is 9.12. The summed E-state index contributed by atoms with van der Waals surface area (Å²) in [6, 6.07) is 7.06. The van der Waals surface area contributed by atoms with Gasteiger partial charge in [-0.1, -0.05) is 38.0 Å². The van der Waals surface area contributed by atoms with Crippen molar-refractivity contribution in [2.75, 3.05) is 18.0 Å². The van der Waals surface area contributed by atoms with Crippen molar-refractivity contribution in [2.24, 2.45) is 5.73 Å². The number of anilines is 1. The molecule has 2 heteroatoms. The van der Waals surface area contributed by atoms with Crippen LogP contribution in [0.15, 0.2) is 18.2 Å².